The molecule has 0 saturated heterocycles. The molecule has 1 heterocycles. The maximum Gasteiger partial charge on any atom is 0.416 e. The van der Waals surface area contributed by atoms with Crippen LogP contribution in [0.25, 0.3) is 11.3 Å². The normalized spacial score (nSPS) is 13.7. The van der Waals surface area contributed by atoms with Gasteiger partial charge in [-0.1, -0.05) is 0 Å². The maximum atomic E-state index is 12.8. The highest BCUT2D eigenvalue weighted by Crippen LogP contribution is 2.39. The number of nitrogens with zero attached hydrogens (tertiary/aromatic N) is 2. The van der Waals surface area contributed by atoms with E-state index in [1.165, 1.54) is 13.2 Å². The Morgan fingerprint density at radius 2 is 1.91 bits per heavy atom. The van der Waals surface area contributed by atoms with E-state index < -0.39 is 11.7 Å². The summed E-state index contributed by atoms with van der Waals surface area (Å²) in [6.45, 7) is 0. The molecular formula is C16H13F3N2O2. The molecule has 0 atom stereocenters. The van der Waals surface area contributed by atoms with Crippen molar-refractivity contribution in [2.24, 2.45) is 0 Å². The van der Waals surface area contributed by atoms with Crippen molar-refractivity contribution in [2.45, 2.75) is 25.4 Å². The van der Waals surface area contributed by atoms with Gasteiger partial charge in [-0.15, -0.1) is 10.2 Å². The molecular weight excluding hydrogens is 309 g/mol. The monoisotopic (exact) mass is 322 g/mol. The zero-order valence-electron chi connectivity index (χ0n) is 12.3. The number of carbonyl (C=O) groups excluding carboxylic acids is 1. The van der Waals surface area contributed by atoms with E-state index in [0.29, 0.717) is 29.7 Å². The number of methoxy groups -OCH3 is 1. The highest BCUT2D eigenvalue weighted by molar-refractivity contribution is 5.79. The molecule has 7 heteroatoms. The predicted molar refractivity (Wildman–Crippen MR) is 76.4 cm³/mol. The summed E-state index contributed by atoms with van der Waals surface area (Å²) in [5.74, 6) is 0.0853. The van der Waals surface area contributed by atoms with Crippen LogP contribution >= 0.6 is 0 Å². The minimum Gasteiger partial charge on any atom is -0.496 e. The average molecular weight is 322 g/mol. The zero-order valence-corrected chi connectivity index (χ0v) is 12.3. The number of hydrogen-bond donors (Lipinski definition) is 0. The topological polar surface area (TPSA) is 52.1 Å². The number of carbonyl (C=O) groups is 1. The largest absolute Gasteiger partial charge is 0.496 e. The van der Waals surface area contributed by atoms with E-state index in [9.17, 15) is 18.0 Å². The summed E-state index contributed by atoms with van der Waals surface area (Å²) in [4.78, 5) is 11.0. The molecule has 0 amide bonds. The summed E-state index contributed by atoms with van der Waals surface area (Å²) in [5, 5.41) is 7.95. The van der Waals surface area contributed by atoms with Gasteiger partial charge in [0.2, 0.25) is 0 Å². The standard InChI is InChI=1S/C16H13F3N2O2/c1-23-14-7-9(16(17,18)19)5-6-12(14)15-11-4-2-3-10(11)13(8-22)20-21-15/h5-8H,2-4H2,1H3. The van der Waals surface area contributed by atoms with Crippen molar-refractivity contribution >= 4 is 6.29 Å². The highest BCUT2D eigenvalue weighted by Gasteiger charge is 2.32. The van der Waals surface area contributed by atoms with Gasteiger partial charge < -0.3 is 4.74 Å². The lowest BCUT2D eigenvalue weighted by Gasteiger charge is -2.14. The van der Waals surface area contributed by atoms with Crippen molar-refractivity contribution in [3.8, 4) is 17.0 Å². The van der Waals surface area contributed by atoms with Gasteiger partial charge >= 0.3 is 6.18 Å². The number of aromatic nitrogens is 2. The first-order valence-electron chi connectivity index (χ1n) is 7.05. The number of fused-ring (bicyclic) bond motifs is 1. The van der Waals surface area contributed by atoms with Crippen molar-refractivity contribution in [1.82, 2.24) is 10.2 Å². The van der Waals surface area contributed by atoms with Crippen molar-refractivity contribution in [2.75, 3.05) is 7.11 Å². The molecule has 0 fully saturated rings. The van der Waals surface area contributed by atoms with Crippen LogP contribution in [-0.4, -0.2) is 23.6 Å². The summed E-state index contributed by atoms with van der Waals surface area (Å²) in [5.41, 5.74) is 2.13. The molecule has 4 nitrogen and oxygen atoms in total. The Kier molecular flexibility index (Phi) is 3.79. The molecule has 0 saturated carbocycles. The van der Waals surface area contributed by atoms with Gasteiger partial charge in [-0.05, 0) is 48.6 Å². The third kappa shape index (κ3) is 2.67. The van der Waals surface area contributed by atoms with E-state index in [0.717, 1.165) is 36.1 Å². The van der Waals surface area contributed by atoms with Crippen LogP contribution in [-0.2, 0) is 19.0 Å². The Morgan fingerprint density at radius 3 is 2.57 bits per heavy atom. The Bertz CT molecular complexity index is 773. The van der Waals surface area contributed by atoms with E-state index in [1.54, 1.807) is 0 Å². The average Bonchev–Trinajstić information content (AvgIpc) is 3.02. The summed E-state index contributed by atoms with van der Waals surface area (Å²) in [7, 11) is 1.31. The molecule has 0 aliphatic heterocycles. The van der Waals surface area contributed by atoms with E-state index in [-0.39, 0.29) is 5.75 Å². The number of alkyl halides is 3. The molecule has 3 rings (SSSR count). The number of ether oxygens (including phenoxy) is 1. The quantitative estimate of drug-likeness (QED) is 0.812. The molecule has 0 N–H and O–H groups in total. The van der Waals surface area contributed by atoms with Crippen LogP contribution in [0.15, 0.2) is 18.2 Å². The lowest BCUT2D eigenvalue weighted by Crippen LogP contribution is -2.07. The van der Waals surface area contributed by atoms with Crippen LogP contribution in [0.1, 0.15) is 33.6 Å². The zero-order chi connectivity index (χ0) is 16.6. The Balaban J connectivity index is 2.16. The van der Waals surface area contributed by atoms with Gasteiger partial charge in [0.1, 0.15) is 17.1 Å². The van der Waals surface area contributed by atoms with Crippen LogP contribution < -0.4 is 4.74 Å². The van der Waals surface area contributed by atoms with Crippen molar-refractivity contribution < 1.29 is 22.7 Å². The van der Waals surface area contributed by atoms with Crippen LogP contribution in [0.3, 0.4) is 0 Å². The molecule has 120 valence electrons. The third-order valence-electron chi connectivity index (χ3n) is 3.97. The van der Waals surface area contributed by atoms with Gasteiger partial charge in [0.25, 0.3) is 0 Å². The van der Waals surface area contributed by atoms with Gasteiger partial charge in [0.15, 0.2) is 6.29 Å². The minimum absolute atomic E-state index is 0.0853. The molecule has 1 aromatic carbocycles. The van der Waals surface area contributed by atoms with Gasteiger partial charge in [-0.3, -0.25) is 4.79 Å². The van der Waals surface area contributed by atoms with Gasteiger partial charge in [-0.25, -0.2) is 0 Å². The Hall–Kier alpha value is -2.44. The molecule has 2 aromatic rings. The SMILES string of the molecule is COc1cc(C(F)(F)F)ccc1-c1nnc(C=O)c2c1CCC2. The summed E-state index contributed by atoms with van der Waals surface area (Å²) in [6, 6.07) is 3.28. The first-order chi connectivity index (χ1) is 11.0. The molecule has 0 radical (unpaired) electrons. The number of hydrogen-bond acceptors (Lipinski definition) is 4. The second-order valence-electron chi connectivity index (χ2n) is 5.28. The van der Waals surface area contributed by atoms with Crippen molar-refractivity contribution in [3.63, 3.8) is 0 Å². The molecule has 0 bridgehead atoms. The van der Waals surface area contributed by atoms with E-state index in [4.69, 9.17) is 4.74 Å². The molecule has 1 aliphatic rings. The molecule has 23 heavy (non-hydrogen) atoms. The lowest BCUT2D eigenvalue weighted by atomic mass is 10.00. The lowest BCUT2D eigenvalue weighted by molar-refractivity contribution is -0.137. The fourth-order valence-corrected chi connectivity index (χ4v) is 2.89. The van der Waals surface area contributed by atoms with Gasteiger partial charge in [0, 0.05) is 5.56 Å². The van der Waals surface area contributed by atoms with Crippen LogP contribution in [0.2, 0.25) is 0 Å². The summed E-state index contributed by atoms with van der Waals surface area (Å²) < 4.78 is 43.6. The predicted octanol–water partition coefficient (Wildman–Crippen LogP) is 3.47. The van der Waals surface area contributed by atoms with Gasteiger partial charge in [-0.2, -0.15) is 13.2 Å². The molecule has 1 aromatic heterocycles. The van der Waals surface area contributed by atoms with E-state index >= 15 is 0 Å². The van der Waals surface area contributed by atoms with Crippen molar-refractivity contribution in [1.29, 1.82) is 0 Å². The van der Waals surface area contributed by atoms with Crippen molar-refractivity contribution in [3.05, 3.63) is 40.6 Å². The Labute approximate surface area is 130 Å². The summed E-state index contributed by atoms with van der Waals surface area (Å²) >= 11 is 0. The number of rotatable bonds is 3. The first kappa shape index (κ1) is 15.5. The summed E-state index contributed by atoms with van der Waals surface area (Å²) in [6.07, 6.45) is -1.49. The van der Waals surface area contributed by atoms with Crippen LogP contribution in [0.5, 0.6) is 5.75 Å². The van der Waals surface area contributed by atoms with Crippen LogP contribution in [0.4, 0.5) is 13.2 Å². The number of aldehydes is 1. The molecule has 0 spiro atoms. The second kappa shape index (κ2) is 5.64. The fraction of sp³-hybridized carbons (Fsp3) is 0.312. The number of halogens is 3. The molecule has 1 aliphatic carbocycles. The highest BCUT2D eigenvalue weighted by atomic mass is 19.4. The fourth-order valence-electron chi connectivity index (χ4n) is 2.89. The smallest absolute Gasteiger partial charge is 0.416 e. The maximum absolute atomic E-state index is 12.8. The first-order valence-corrected chi connectivity index (χ1v) is 7.05. The van der Waals surface area contributed by atoms with Gasteiger partial charge in [0.05, 0.1) is 12.7 Å². The minimum atomic E-state index is -4.44. The van der Waals surface area contributed by atoms with E-state index in [2.05, 4.69) is 10.2 Å². The second-order valence-corrected chi connectivity index (χ2v) is 5.28. The Morgan fingerprint density at radius 1 is 1.17 bits per heavy atom. The molecule has 0 unspecified atom stereocenters. The van der Waals surface area contributed by atoms with E-state index in [1.807, 2.05) is 0 Å². The number of benzene rings is 1. The van der Waals surface area contributed by atoms with Crippen LogP contribution in [0, 0.1) is 0 Å². The third-order valence-corrected chi connectivity index (χ3v) is 3.97.